The van der Waals surface area contributed by atoms with Gasteiger partial charge in [-0.05, 0) is 29.6 Å². The number of nitrogens with zero attached hydrogens (tertiary/aromatic N) is 4. The normalized spacial score (nSPS) is 12.2. The lowest BCUT2D eigenvalue weighted by molar-refractivity contribution is 0.445. The number of H-pyrrole nitrogens is 2. The van der Waals surface area contributed by atoms with Crippen LogP contribution in [0.5, 0.6) is 0 Å². The van der Waals surface area contributed by atoms with E-state index in [-0.39, 0.29) is 4.90 Å². The van der Waals surface area contributed by atoms with Crippen LogP contribution in [0.15, 0.2) is 45.8 Å². The van der Waals surface area contributed by atoms with Crippen LogP contribution >= 0.6 is 23.1 Å². The zero-order valence-electron chi connectivity index (χ0n) is 15.9. The summed E-state index contributed by atoms with van der Waals surface area (Å²) in [6.07, 6.45) is 0. The highest BCUT2D eigenvalue weighted by Crippen LogP contribution is 2.26. The Kier molecular flexibility index (Phi) is 5.72. The highest BCUT2D eigenvalue weighted by atomic mass is 32.2. The smallest absolute Gasteiger partial charge is 0.243 e. The second-order valence-electron chi connectivity index (χ2n) is 6.18. The molecule has 0 spiro atoms. The average molecular weight is 449 g/mol. The first-order chi connectivity index (χ1) is 14.0. The lowest BCUT2D eigenvalue weighted by Gasteiger charge is -2.18. The molecule has 2 N–H and O–H groups in total. The first-order valence-corrected chi connectivity index (χ1v) is 12.4. The summed E-state index contributed by atoms with van der Waals surface area (Å²) in [5.41, 5.74) is 1.43. The predicted molar refractivity (Wildman–Crippen MR) is 115 cm³/mol. The topological polar surface area (TPSA) is 108 Å². The number of rotatable bonds is 8. The zero-order valence-corrected chi connectivity index (χ0v) is 18.4. The largest absolute Gasteiger partial charge is 0.341 e. The second kappa shape index (κ2) is 8.27. The summed E-state index contributed by atoms with van der Waals surface area (Å²) < 4.78 is 26.9. The van der Waals surface area contributed by atoms with E-state index in [0.717, 1.165) is 22.0 Å². The molecule has 0 aliphatic heterocycles. The molecule has 0 fully saturated rings. The molecular weight excluding hydrogens is 428 g/mol. The van der Waals surface area contributed by atoms with Gasteiger partial charge >= 0.3 is 0 Å². The van der Waals surface area contributed by atoms with E-state index in [1.165, 1.54) is 16.1 Å². The molecule has 11 heteroatoms. The van der Waals surface area contributed by atoms with Gasteiger partial charge in [0.1, 0.15) is 5.82 Å². The molecule has 0 saturated carbocycles. The Hall–Kier alpha value is -2.21. The summed E-state index contributed by atoms with van der Waals surface area (Å²) in [4.78, 5) is 13.5. The van der Waals surface area contributed by atoms with E-state index in [9.17, 15) is 8.42 Å². The molecule has 152 valence electrons. The van der Waals surface area contributed by atoms with Crippen LogP contribution in [0.1, 0.15) is 19.7 Å². The maximum absolute atomic E-state index is 12.7. The molecule has 0 amide bonds. The van der Waals surface area contributed by atoms with Crippen LogP contribution < -0.4 is 0 Å². The molecule has 0 aliphatic rings. The van der Waals surface area contributed by atoms with Crippen molar-refractivity contribution < 1.29 is 8.42 Å². The van der Waals surface area contributed by atoms with Gasteiger partial charge in [0.25, 0.3) is 0 Å². The van der Waals surface area contributed by atoms with Crippen molar-refractivity contribution in [1.29, 1.82) is 0 Å². The fourth-order valence-electron chi connectivity index (χ4n) is 2.95. The second-order valence-corrected chi connectivity index (χ2v) is 10.0. The fourth-order valence-corrected chi connectivity index (χ4v) is 5.77. The van der Waals surface area contributed by atoms with Crippen molar-refractivity contribution in [3.8, 4) is 10.7 Å². The number of hydrogen-bond donors (Lipinski definition) is 2. The van der Waals surface area contributed by atoms with Gasteiger partial charge in [0.2, 0.25) is 15.2 Å². The van der Waals surface area contributed by atoms with Crippen LogP contribution in [-0.4, -0.2) is 51.0 Å². The number of thiophene rings is 1. The van der Waals surface area contributed by atoms with Crippen LogP contribution in [0.3, 0.4) is 0 Å². The highest BCUT2D eigenvalue weighted by Gasteiger charge is 2.22. The van der Waals surface area contributed by atoms with Gasteiger partial charge in [-0.15, -0.1) is 16.4 Å². The summed E-state index contributed by atoms with van der Waals surface area (Å²) in [5, 5.41) is 9.81. The van der Waals surface area contributed by atoms with Gasteiger partial charge in [-0.25, -0.2) is 18.4 Å². The van der Waals surface area contributed by atoms with E-state index in [4.69, 9.17) is 0 Å². The number of sulfonamides is 1. The van der Waals surface area contributed by atoms with E-state index >= 15 is 0 Å². The number of benzene rings is 1. The minimum absolute atomic E-state index is 0.270. The Morgan fingerprint density at radius 2 is 2.00 bits per heavy atom. The Morgan fingerprint density at radius 3 is 2.72 bits per heavy atom. The summed E-state index contributed by atoms with van der Waals surface area (Å²) in [5.74, 6) is 2.04. The zero-order chi connectivity index (χ0) is 20.4. The minimum atomic E-state index is -3.50. The van der Waals surface area contributed by atoms with Crippen molar-refractivity contribution in [1.82, 2.24) is 29.5 Å². The third kappa shape index (κ3) is 4.08. The van der Waals surface area contributed by atoms with E-state index in [0.29, 0.717) is 29.5 Å². The molecule has 0 bridgehead atoms. The van der Waals surface area contributed by atoms with Gasteiger partial charge in [0.05, 0.1) is 26.6 Å². The number of nitrogens with one attached hydrogen (secondary N) is 2. The van der Waals surface area contributed by atoms with Gasteiger partial charge in [0, 0.05) is 13.1 Å². The molecule has 8 nitrogen and oxygen atoms in total. The molecule has 3 aromatic heterocycles. The van der Waals surface area contributed by atoms with Crippen LogP contribution in [0.25, 0.3) is 21.7 Å². The number of aromatic nitrogens is 5. The molecular formula is C18H20N6O2S3. The maximum atomic E-state index is 12.7. The fraction of sp³-hybridized carbons (Fsp3) is 0.278. The molecule has 1 aromatic carbocycles. The molecule has 0 radical (unpaired) electrons. The Balaban J connectivity index is 1.51. The summed E-state index contributed by atoms with van der Waals surface area (Å²) >= 11 is 3.06. The van der Waals surface area contributed by atoms with Gasteiger partial charge in [0.15, 0.2) is 5.82 Å². The number of hydrogen-bond acceptors (Lipinski definition) is 7. The summed E-state index contributed by atoms with van der Waals surface area (Å²) in [6, 6.07) is 8.95. The monoisotopic (exact) mass is 448 g/mol. The summed E-state index contributed by atoms with van der Waals surface area (Å²) in [7, 11) is -3.50. The van der Waals surface area contributed by atoms with Crippen molar-refractivity contribution in [2.45, 2.75) is 29.7 Å². The van der Waals surface area contributed by atoms with Crippen molar-refractivity contribution in [3.63, 3.8) is 0 Å². The third-order valence-electron chi connectivity index (χ3n) is 4.40. The van der Waals surface area contributed by atoms with Crippen LogP contribution in [0, 0.1) is 0 Å². The Morgan fingerprint density at radius 1 is 1.17 bits per heavy atom. The molecule has 4 rings (SSSR count). The Bertz CT molecular complexity index is 1210. The number of thioether (sulfide) groups is 1. The predicted octanol–water partition coefficient (Wildman–Crippen LogP) is 3.73. The lowest BCUT2D eigenvalue weighted by atomic mass is 10.3. The van der Waals surface area contributed by atoms with Crippen LogP contribution in [0.2, 0.25) is 0 Å². The van der Waals surface area contributed by atoms with Crippen LogP contribution in [-0.2, 0) is 15.8 Å². The molecule has 0 unspecified atom stereocenters. The molecule has 4 aromatic rings. The third-order valence-corrected chi connectivity index (χ3v) is 8.18. The van der Waals surface area contributed by atoms with Crippen molar-refractivity contribution in [3.05, 3.63) is 41.5 Å². The number of fused-ring (bicyclic) bond motifs is 1. The van der Waals surface area contributed by atoms with Crippen molar-refractivity contribution in [2.75, 3.05) is 13.1 Å². The van der Waals surface area contributed by atoms with Gasteiger partial charge in [-0.3, -0.25) is 5.10 Å². The quantitative estimate of drug-likeness (QED) is 0.398. The average Bonchev–Trinajstić information content (AvgIpc) is 3.46. The van der Waals surface area contributed by atoms with Crippen molar-refractivity contribution in [2.24, 2.45) is 0 Å². The molecule has 29 heavy (non-hydrogen) atoms. The van der Waals surface area contributed by atoms with E-state index in [1.807, 2.05) is 31.4 Å². The van der Waals surface area contributed by atoms with Crippen LogP contribution in [0.4, 0.5) is 0 Å². The lowest BCUT2D eigenvalue weighted by Crippen LogP contribution is -2.30. The van der Waals surface area contributed by atoms with Gasteiger partial charge < -0.3 is 4.98 Å². The number of imidazole rings is 1. The van der Waals surface area contributed by atoms with E-state index in [1.54, 1.807) is 29.5 Å². The van der Waals surface area contributed by atoms with Gasteiger partial charge in [-0.1, -0.05) is 31.7 Å². The molecule has 0 aliphatic carbocycles. The molecule has 3 heterocycles. The van der Waals surface area contributed by atoms with Gasteiger partial charge in [-0.2, -0.15) is 4.31 Å². The SMILES string of the molecule is CCN(CC)S(=O)(=O)c1ccc2nc(CSc3n[nH]c(-c4cccs4)n3)[nH]c2c1. The van der Waals surface area contributed by atoms with E-state index < -0.39 is 10.0 Å². The highest BCUT2D eigenvalue weighted by molar-refractivity contribution is 7.98. The standard InChI is InChI=1S/C18H20N6O2S3/c1-3-24(4-2)29(25,26)12-7-8-13-14(10-12)20-16(19-13)11-28-18-21-17(22-23-18)15-6-5-9-27-15/h5-10H,3-4,11H2,1-2H3,(H,19,20)(H,21,22,23). The van der Waals surface area contributed by atoms with E-state index in [2.05, 4.69) is 25.1 Å². The molecule has 0 saturated heterocycles. The Labute approximate surface area is 176 Å². The molecule has 0 atom stereocenters. The maximum Gasteiger partial charge on any atom is 0.243 e. The van der Waals surface area contributed by atoms with Crippen molar-refractivity contribution >= 4 is 44.2 Å². The summed E-state index contributed by atoms with van der Waals surface area (Å²) in [6.45, 7) is 4.54. The number of aromatic amines is 2. The first kappa shape index (κ1) is 20.1. The first-order valence-electron chi connectivity index (χ1n) is 9.09. The minimum Gasteiger partial charge on any atom is -0.341 e.